The van der Waals surface area contributed by atoms with Crippen LogP contribution in [0, 0.1) is 0 Å². The van der Waals surface area contributed by atoms with Crippen LogP contribution in [0.2, 0.25) is 5.02 Å². The second-order valence-corrected chi connectivity index (χ2v) is 6.43. The van der Waals surface area contributed by atoms with Crippen molar-refractivity contribution >= 4 is 11.6 Å². The number of benzene rings is 1. The van der Waals surface area contributed by atoms with Gasteiger partial charge in [-0.3, -0.25) is 4.90 Å². The minimum atomic E-state index is 0.317. The molecule has 0 radical (unpaired) electrons. The highest BCUT2D eigenvalue weighted by molar-refractivity contribution is 6.30. The van der Waals surface area contributed by atoms with E-state index in [1.54, 1.807) is 7.11 Å². The third-order valence-electron chi connectivity index (χ3n) is 4.38. The van der Waals surface area contributed by atoms with Crippen LogP contribution in [0.3, 0.4) is 0 Å². The summed E-state index contributed by atoms with van der Waals surface area (Å²) in [6.45, 7) is 4.26. The van der Waals surface area contributed by atoms with Gasteiger partial charge in [0.25, 0.3) is 0 Å². The van der Waals surface area contributed by atoms with E-state index >= 15 is 0 Å². The number of nitrogens with one attached hydrogen (secondary N) is 1. The lowest BCUT2D eigenvalue weighted by atomic mass is 10.1. The number of rotatable bonds is 7. The zero-order chi connectivity index (χ0) is 16.8. The van der Waals surface area contributed by atoms with Crippen molar-refractivity contribution in [3.63, 3.8) is 0 Å². The van der Waals surface area contributed by atoms with Crippen LogP contribution in [0.5, 0.6) is 0 Å². The van der Waals surface area contributed by atoms with Crippen molar-refractivity contribution in [3.05, 3.63) is 41.2 Å². The Labute approximate surface area is 147 Å². The van der Waals surface area contributed by atoms with E-state index in [1.165, 1.54) is 0 Å². The van der Waals surface area contributed by atoms with Crippen molar-refractivity contribution in [1.82, 2.24) is 14.9 Å². The Balaban J connectivity index is 1.77. The molecule has 1 fully saturated rings. The second-order valence-electron chi connectivity index (χ2n) is 5.99. The van der Waals surface area contributed by atoms with Crippen molar-refractivity contribution in [2.45, 2.75) is 18.9 Å². The van der Waals surface area contributed by atoms with Crippen LogP contribution < -0.4 is 0 Å². The molecule has 0 saturated carbocycles. The molecule has 1 aliphatic heterocycles. The summed E-state index contributed by atoms with van der Waals surface area (Å²) in [7, 11) is 1.75. The standard InChI is InChI=1S/C18H24ClN3O2/c1-23-10-2-3-17(22-8-11-24-12-9-22)16-13-20-18(21-16)14-4-6-15(19)7-5-14/h4-7,13,17H,2-3,8-12H2,1H3,(H,20,21). The Kier molecular flexibility index (Phi) is 6.26. The summed E-state index contributed by atoms with van der Waals surface area (Å²) in [6, 6.07) is 8.06. The van der Waals surface area contributed by atoms with Gasteiger partial charge in [0.2, 0.25) is 0 Å². The van der Waals surface area contributed by atoms with Gasteiger partial charge in [-0.2, -0.15) is 0 Å². The quantitative estimate of drug-likeness (QED) is 0.777. The number of morpholine rings is 1. The monoisotopic (exact) mass is 349 g/mol. The van der Waals surface area contributed by atoms with E-state index in [-0.39, 0.29) is 0 Å². The van der Waals surface area contributed by atoms with Gasteiger partial charge < -0.3 is 14.5 Å². The second kappa shape index (κ2) is 8.62. The summed E-state index contributed by atoms with van der Waals surface area (Å²) < 4.78 is 10.7. The minimum Gasteiger partial charge on any atom is -0.385 e. The summed E-state index contributed by atoms with van der Waals surface area (Å²) in [5.74, 6) is 0.881. The van der Waals surface area contributed by atoms with E-state index in [2.05, 4.69) is 14.9 Å². The predicted octanol–water partition coefficient (Wildman–Crippen LogP) is 3.53. The number of ether oxygens (including phenoxy) is 2. The first-order chi connectivity index (χ1) is 11.8. The first kappa shape index (κ1) is 17.4. The summed E-state index contributed by atoms with van der Waals surface area (Å²) >= 11 is 5.97. The van der Waals surface area contributed by atoms with Gasteiger partial charge in [-0.1, -0.05) is 11.6 Å². The number of aromatic nitrogens is 2. The molecule has 1 saturated heterocycles. The Morgan fingerprint density at radius 1 is 1.29 bits per heavy atom. The number of hydrogen-bond acceptors (Lipinski definition) is 4. The first-order valence-electron chi connectivity index (χ1n) is 8.39. The Morgan fingerprint density at radius 3 is 2.75 bits per heavy atom. The molecule has 0 amide bonds. The zero-order valence-corrected chi connectivity index (χ0v) is 14.8. The molecule has 1 aromatic heterocycles. The summed E-state index contributed by atoms with van der Waals surface area (Å²) in [4.78, 5) is 10.5. The molecular formula is C18H24ClN3O2. The van der Waals surface area contributed by atoms with Gasteiger partial charge >= 0.3 is 0 Å². The van der Waals surface area contributed by atoms with Gasteiger partial charge in [-0.25, -0.2) is 4.98 Å². The molecule has 1 aromatic carbocycles. The third-order valence-corrected chi connectivity index (χ3v) is 4.64. The molecule has 2 aromatic rings. The van der Waals surface area contributed by atoms with Crippen molar-refractivity contribution < 1.29 is 9.47 Å². The molecule has 2 heterocycles. The van der Waals surface area contributed by atoms with Crippen LogP contribution in [0.25, 0.3) is 11.4 Å². The van der Waals surface area contributed by atoms with E-state index < -0.39 is 0 Å². The van der Waals surface area contributed by atoms with Crippen molar-refractivity contribution in [3.8, 4) is 11.4 Å². The van der Waals surface area contributed by atoms with Crippen LogP contribution in [-0.2, 0) is 9.47 Å². The average molecular weight is 350 g/mol. The van der Waals surface area contributed by atoms with Gasteiger partial charge in [-0.05, 0) is 37.1 Å². The molecule has 6 heteroatoms. The Bertz CT molecular complexity index is 623. The summed E-state index contributed by atoms with van der Waals surface area (Å²) in [6.07, 6.45) is 4.01. The van der Waals surface area contributed by atoms with Crippen LogP contribution in [-0.4, -0.2) is 54.9 Å². The molecule has 5 nitrogen and oxygen atoms in total. The van der Waals surface area contributed by atoms with Gasteiger partial charge in [0.05, 0.1) is 31.1 Å². The maximum atomic E-state index is 5.97. The lowest BCUT2D eigenvalue weighted by molar-refractivity contribution is 0.0116. The lowest BCUT2D eigenvalue weighted by Gasteiger charge is -2.34. The topological polar surface area (TPSA) is 50.4 Å². The number of imidazole rings is 1. The number of aromatic amines is 1. The molecule has 3 rings (SSSR count). The SMILES string of the molecule is COCCCC(c1cnc(-c2ccc(Cl)cc2)[nH]1)N1CCOCC1. The molecule has 1 N–H and O–H groups in total. The zero-order valence-electron chi connectivity index (χ0n) is 14.0. The fourth-order valence-corrected chi connectivity index (χ4v) is 3.23. The average Bonchev–Trinajstić information content (AvgIpc) is 3.10. The van der Waals surface area contributed by atoms with Gasteiger partial charge in [0.1, 0.15) is 5.82 Å². The summed E-state index contributed by atoms with van der Waals surface area (Å²) in [5.41, 5.74) is 2.20. The Hall–Kier alpha value is -1.40. The van der Waals surface area contributed by atoms with Crippen LogP contribution in [0.15, 0.2) is 30.5 Å². The fourth-order valence-electron chi connectivity index (χ4n) is 3.10. The minimum absolute atomic E-state index is 0.317. The molecule has 0 bridgehead atoms. The highest BCUT2D eigenvalue weighted by atomic mass is 35.5. The van der Waals surface area contributed by atoms with Crippen molar-refractivity contribution in [1.29, 1.82) is 0 Å². The maximum absolute atomic E-state index is 5.97. The molecule has 1 atom stereocenters. The van der Waals surface area contributed by atoms with E-state index in [0.29, 0.717) is 6.04 Å². The van der Waals surface area contributed by atoms with Gasteiger partial charge in [0, 0.05) is 37.4 Å². The first-order valence-corrected chi connectivity index (χ1v) is 8.77. The van der Waals surface area contributed by atoms with E-state index in [4.69, 9.17) is 21.1 Å². The van der Waals surface area contributed by atoms with Crippen LogP contribution in [0.1, 0.15) is 24.6 Å². The highest BCUT2D eigenvalue weighted by Crippen LogP contribution is 2.27. The predicted molar refractivity (Wildman–Crippen MR) is 95.3 cm³/mol. The van der Waals surface area contributed by atoms with Crippen molar-refractivity contribution in [2.24, 2.45) is 0 Å². The number of H-pyrrole nitrogens is 1. The molecule has 1 unspecified atom stereocenters. The largest absolute Gasteiger partial charge is 0.385 e. The number of nitrogens with zero attached hydrogens (tertiary/aromatic N) is 2. The maximum Gasteiger partial charge on any atom is 0.137 e. The normalized spacial score (nSPS) is 17.1. The van der Waals surface area contributed by atoms with Gasteiger partial charge in [-0.15, -0.1) is 0 Å². The number of methoxy groups -OCH3 is 1. The van der Waals surface area contributed by atoms with Crippen LogP contribution >= 0.6 is 11.6 Å². The highest BCUT2D eigenvalue weighted by Gasteiger charge is 2.24. The van der Waals surface area contributed by atoms with Crippen molar-refractivity contribution in [2.75, 3.05) is 40.0 Å². The Morgan fingerprint density at radius 2 is 2.04 bits per heavy atom. The number of halogens is 1. The van der Waals surface area contributed by atoms with Gasteiger partial charge in [0.15, 0.2) is 0 Å². The van der Waals surface area contributed by atoms with E-state index in [9.17, 15) is 0 Å². The smallest absolute Gasteiger partial charge is 0.137 e. The lowest BCUT2D eigenvalue weighted by Crippen LogP contribution is -2.39. The third kappa shape index (κ3) is 4.36. The fraction of sp³-hybridized carbons (Fsp3) is 0.500. The molecule has 24 heavy (non-hydrogen) atoms. The molecule has 0 spiro atoms. The molecule has 0 aliphatic carbocycles. The molecule has 1 aliphatic rings. The van der Waals surface area contributed by atoms with E-state index in [0.717, 1.165) is 67.9 Å². The summed E-state index contributed by atoms with van der Waals surface area (Å²) in [5, 5.41) is 0.733. The van der Waals surface area contributed by atoms with Crippen LogP contribution in [0.4, 0.5) is 0 Å². The molecule has 130 valence electrons. The molecular weight excluding hydrogens is 326 g/mol. The van der Waals surface area contributed by atoms with E-state index in [1.807, 2.05) is 30.5 Å². The number of hydrogen-bond donors (Lipinski definition) is 1.